The average molecular weight is 425 g/mol. The molecule has 2 aromatic heterocycles. The molecule has 0 unspecified atom stereocenters. The molecule has 0 fully saturated rings. The van der Waals surface area contributed by atoms with Crippen molar-refractivity contribution in [2.45, 2.75) is 6.36 Å². The molecule has 0 amide bonds. The first-order valence-electron chi connectivity index (χ1n) is 6.81. The van der Waals surface area contributed by atoms with Crippen LogP contribution < -0.4 is 16.0 Å². The van der Waals surface area contributed by atoms with Gasteiger partial charge in [-0.1, -0.05) is 0 Å². The van der Waals surface area contributed by atoms with Crippen molar-refractivity contribution in [3.8, 4) is 17.1 Å². The van der Waals surface area contributed by atoms with E-state index in [1.807, 2.05) is 0 Å². The van der Waals surface area contributed by atoms with Gasteiger partial charge in [-0.2, -0.15) is 5.10 Å². The number of nitrogens with zero attached hydrogens (tertiary/aromatic N) is 4. The van der Waals surface area contributed by atoms with Gasteiger partial charge in [-0.05, 0) is 36.4 Å². The third kappa shape index (κ3) is 6.08. The van der Waals surface area contributed by atoms with Crippen molar-refractivity contribution in [3.63, 3.8) is 0 Å². The summed E-state index contributed by atoms with van der Waals surface area (Å²) in [5, 5.41) is 11.1. The number of benzene rings is 1. The second-order valence-electron chi connectivity index (χ2n) is 4.71. The molecule has 0 bridgehead atoms. The second-order valence-corrected chi connectivity index (χ2v) is 4.71. The predicted octanol–water partition coefficient (Wildman–Crippen LogP) is 3.44. The third-order valence-electron chi connectivity index (χ3n) is 2.93. The van der Waals surface area contributed by atoms with Crippen LogP contribution in [0.1, 0.15) is 5.76 Å². The summed E-state index contributed by atoms with van der Waals surface area (Å²) in [6.07, 6.45) is -2.04. The molecule has 3 aromatic rings. The minimum absolute atomic E-state index is 0. The minimum atomic E-state index is -4.73. The highest BCUT2D eigenvalue weighted by molar-refractivity contribution is 5.85. The molecular weight excluding hydrogens is 412 g/mol. The Labute approximate surface area is 163 Å². The van der Waals surface area contributed by atoms with E-state index in [-0.39, 0.29) is 36.5 Å². The van der Waals surface area contributed by atoms with E-state index in [1.165, 1.54) is 36.8 Å². The first-order valence-corrected chi connectivity index (χ1v) is 6.81. The molecule has 0 aliphatic carbocycles. The van der Waals surface area contributed by atoms with Gasteiger partial charge in [0.25, 0.3) is 5.95 Å². The summed E-state index contributed by atoms with van der Waals surface area (Å²) in [6, 6.07) is 8.62. The van der Waals surface area contributed by atoms with Crippen molar-refractivity contribution in [2.24, 2.45) is 5.10 Å². The van der Waals surface area contributed by atoms with Crippen LogP contribution in [0.3, 0.4) is 0 Å². The lowest BCUT2D eigenvalue weighted by Gasteiger charge is -2.08. The minimum Gasteiger partial charge on any atom is -0.455 e. The van der Waals surface area contributed by atoms with Crippen molar-refractivity contribution in [1.82, 2.24) is 14.9 Å². The van der Waals surface area contributed by atoms with Crippen LogP contribution in [-0.4, -0.2) is 27.5 Å². The van der Waals surface area contributed by atoms with Gasteiger partial charge in [0.1, 0.15) is 23.6 Å². The van der Waals surface area contributed by atoms with Crippen LogP contribution in [0.15, 0.2) is 52.2 Å². The number of nitrogens with one attached hydrogen (secondary N) is 1. The molecule has 13 heteroatoms. The Hall–Kier alpha value is -2.92. The number of alkyl halides is 3. The van der Waals surface area contributed by atoms with Gasteiger partial charge < -0.3 is 15.0 Å². The Morgan fingerprint density at radius 1 is 1.15 bits per heavy atom. The molecule has 27 heavy (non-hydrogen) atoms. The molecule has 0 spiro atoms. The number of hydrogen-bond acceptors (Lipinski definition) is 7. The number of ether oxygens (including phenoxy) is 1. The van der Waals surface area contributed by atoms with E-state index < -0.39 is 6.36 Å². The molecule has 0 aliphatic rings. The predicted molar refractivity (Wildman–Crippen MR) is 96.7 cm³/mol. The summed E-state index contributed by atoms with van der Waals surface area (Å²) in [5.41, 5.74) is 3.16. The van der Waals surface area contributed by atoms with Crippen molar-refractivity contribution in [3.05, 3.63) is 48.5 Å². The average Bonchev–Trinajstić information content (AvgIpc) is 3.16. The molecule has 0 atom stereocenters. The van der Waals surface area contributed by atoms with Crippen LogP contribution >= 0.6 is 24.8 Å². The molecule has 146 valence electrons. The summed E-state index contributed by atoms with van der Waals surface area (Å²) in [4.78, 5) is 0. The lowest BCUT2D eigenvalue weighted by Crippen LogP contribution is -2.16. The molecule has 3 N–H and O–H groups in total. The van der Waals surface area contributed by atoms with Gasteiger partial charge in [-0.25, -0.2) is 10.1 Å². The first-order chi connectivity index (χ1) is 11.9. The number of aromatic nitrogens is 3. The lowest BCUT2D eigenvalue weighted by molar-refractivity contribution is -0.274. The fraction of sp³-hybridized carbons (Fsp3) is 0.0714. The van der Waals surface area contributed by atoms with Gasteiger partial charge in [0, 0.05) is 5.56 Å². The molecule has 8 nitrogen and oxygen atoms in total. The molecule has 0 aliphatic heterocycles. The number of nitrogen functional groups attached to an aromatic ring is 1. The molecular formula is C14H13Cl2F3N6O2. The number of nitrogens with two attached hydrogens (primary N) is 1. The van der Waals surface area contributed by atoms with Crippen molar-refractivity contribution < 1.29 is 22.3 Å². The first kappa shape index (κ1) is 22.1. The maximum atomic E-state index is 12.1. The van der Waals surface area contributed by atoms with Crippen LogP contribution in [0.25, 0.3) is 11.3 Å². The third-order valence-corrected chi connectivity index (χ3v) is 2.93. The van der Waals surface area contributed by atoms with Crippen molar-refractivity contribution in [1.29, 1.82) is 0 Å². The zero-order valence-electron chi connectivity index (χ0n) is 13.3. The Bertz CT molecular complexity index is 880. The highest BCUT2D eigenvalue weighted by Gasteiger charge is 2.30. The summed E-state index contributed by atoms with van der Waals surface area (Å²) in [5.74, 6) is 6.31. The summed E-state index contributed by atoms with van der Waals surface area (Å²) in [6.45, 7) is 0. The molecule has 2 heterocycles. The zero-order valence-corrected chi connectivity index (χ0v) is 14.9. The highest BCUT2D eigenvalue weighted by Crippen LogP contribution is 2.27. The normalized spacial score (nSPS) is 10.9. The van der Waals surface area contributed by atoms with E-state index in [0.29, 0.717) is 17.1 Å². The van der Waals surface area contributed by atoms with E-state index in [1.54, 1.807) is 12.1 Å². The van der Waals surface area contributed by atoms with Gasteiger partial charge in [0.15, 0.2) is 0 Å². The van der Waals surface area contributed by atoms with Gasteiger partial charge in [-0.3, -0.25) is 0 Å². The smallest absolute Gasteiger partial charge is 0.455 e. The number of hydrazone groups is 1. The second kappa shape index (κ2) is 9.14. The molecule has 0 saturated carbocycles. The van der Waals surface area contributed by atoms with Gasteiger partial charge in [0.2, 0.25) is 0 Å². The van der Waals surface area contributed by atoms with E-state index in [9.17, 15) is 13.2 Å². The lowest BCUT2D eigenvalue weighted by atomic mass is 10.2. The zero-order chi connectivity index (χ0) is 17.9. The molecule has 0 saturated heterocycles. The van der Waals surface area contributed by atoms with Crippen molar-refractivity contribution >= 4 is 37.0 Å². The molecule has 0 radical (unpaired) electrons. The van der Waals surface area contributed by atoms with E-state index in [0.717, 1.165) is 4.68 Å². The largest absolute Gasteiger partial charge is 0.573 e. The van der Waals surface area contributed by atoms with Gasteiger partial charge in [-0.15, -0.1) is 48.2 Å². The maximum absolute atomic E-state index is 12.1. The van der Waals surface area contributed by atoms with Gasteiger partial charge >= 0.3 is 6.36 Å². The number of rotatable bonds is 5. The fourth-order valence-electron chi connectivity index (χ4n) is 1.87. The number of halogens is 5. The van der Waals surface area contributed by atoms with E-state index in [2.05, 4.69) is 25.5 Å². The fourth-order valence-corrected chi connectivity index (χ4v) is 1.87. The molecule has 3 rings (SSSR count). The topological polar surface area (TPSA) is 103 Å². The van der Waals surface area contributed by atoms with Gasteiger partial charge in [0.05, 0.1) is 6.21 Å². The summed E-state index contributed by atoms with van der Waals surface area (Å²) in [7, 11) is 0. The molecule has 1 aromatic carbocycles. The van der Waals surface area contributed by atoms with E-state index >= 15 is 0 Å². The SMILES string of the molecule is Cl.Cl.Nn1cnnc1N/N=C/c1ccc(-c2ccc(OC(F)(F)F)cc2)o1. The summed E-state index contributed by atoms with van der Waals surface area (Å²) < 4.78 is 46.9. The number of hydrogen-bond donors (Lipinski definition) is 2. The Balaban J connectivity index is 0.00000182. The number of furan rings is 1. The quantitative estimate of drug-likeness (QED) is 0.369. The van der Waals surface area contributed by atoms with Crippen LogP contribution in [0.5, 0.6) is 5.75 Å². The van der Waals surface area contributed by atoms with E-state index in [4.69, 9.17) is 10.3 Å². The van der Waals surface area contributed by atoms with Crippen molar-refractivity contribution in [2.75, 3.05) is 11.3 Å². The van der Waals surface area contributed by atoms with Crippen LogP contribution in [0, 0.1) is 0 Å². The van der Waals surface area contributed by atoms with Crippen LogP contribution in [-0.2, 0) is 0 Å². The highest BCUT2D eigenvalue weighted by atomic mass is 35.5. The Morgan fingerprint density at radius 3 is 2.44 bits per heavy atom. The number of anilines is 1. The summed E-state index contributed by atoms with van der Waals surface area (Å²) >= 11 is 0. The Kier molecular flexibility index (Phi) is 7.49. The standard InChI is InChI=1S/C14H11F3N6O2.2ClH/c15-14(16,17)25-10-3-1-9(2-4-10)12-6-5-11(24-12)7-19-21-13-22-20-8-23(13)18;;/h1-8H,18H2,(H,21,22);2*1H/b19-7+;;. The monoisotopic (exact) mass is 424 g/mol. The Morgan fingerprint density at radius 2 is 1.85 bits per heavy atom. The maximum Gasteiger partial charge on any atom is 0.573 e. The van der Waals surface area contributed by atoms with Crippen LogP contribution in [0.2, 0.25) is 0 Å². The van der Waals surface area contributed by atoms with Crippen LogP contribution in [0.4, 0.5) is 19.1 Å².